The standard InChI is InChI=1S/C15H23NO2S/c1-12(2)18-15-5-3-13(4-6-15)11-16-14-7-9-19(17)10-8-14/h3-6,12,14,16H,7-11H2,1-2H3. The second-order valence-electron chi connectivity index (χ2n) is 5.31. The lowest BCUT2D eigenvalue weighted by molar-refractivity contribution is 0.242. The highest BCUT2D eigenvalue weighted by atomic mass is 32.2. The molecule has 0 amide bonds. The first-order chi connectivity index (χ1) is 9.13. The van der Waals surface area contributed by atoms with Gasteiger partial charge in [0.2, 0.25) is 0 Å². The van der Waals surface area contributed by atoms with E-state index in [4.69, 9.17) is 4.74 Å². The minimum Gasteiger partial charge on any atom is -0.491 e. The van der Waals surface area contributed by atoms with Gasteiger partial charge in [-0.15, -0.1) is 0 Å². The normalized spacial score (nSPS) is 23.5. The van der Waals surface area contributed by atoms with Gasteiger partial charge in [-0.2, -0.15) is 0 Å². The third kappa shape index (κ3) is 4.96. The Morgan fingerprint density at radius 3 is 2.47 bits per heavy atom. The zero-order valence-corrected chi connectivity index (χ0v) is 12.5. The van der Waals surface area contributed by atoms with Crippen molar-refractivity contribution in [3.8, 4) is 5.75 Å². The van der Waals surface area contributed by atoms with Crippen LogP contribution < -0.4 is 10.1 Å². The van der Waals surface area contributed by atoms with Crippen molar-refractivity contribution in [2.45, 2.75) is 45.4 Å². The summed E-state index contributed by atoms with van der Waals surface area (Å²) in [6.07, 6.45) is 2.27. The number of hydrogen-bond acceptors (Lipinski definition) is 3. The molecule has 0 aromatic heterocycles. The molecule has 1 aromatic rings. The van der Waals surface area contributed by atoms with Gasteiger partial charge in [0, 0.05) is 34.9 Å². The molecule has 0 radical (unpaired) electrons. The van der Waals surface area contributed by atoms with Gasteiger partial charge in [0.05, 0.1) is 6.10 Å². The van der Waals surface area contributed by atoms with Crippen molar-refractivity contribution in [3.05, 3.63) is 29.8 Å². The van der Waals surface area contributed by atoms with E-state index >= 15 is 0 Å². The van der Waals surface area contributed by atoms with E-state index in [2.05, 4.69) is 17.4 Å². The molecule has 0 aliphatic carbocycles. The highest BCUT2D eigenvalue weighted by Crippen LogP contribution is 2.15. The lowest BCUT2D eigenvalue weighted by atomic mass is 10.1. The number of nitrogens with one attached hydrogen (secondary N) is 1. The van der Waals surface area contributed by atoms with Crippen molar-refractivity contribution in [3.63, 3.8) is 0 Å². The second kappa shape index (κ2) is 7.06. The minimum atomic E-state index is -0.574. The van der Waals surface area contributed by atoms with Gasteiger partial charge in [0.1, 0.15) is 5.75 Å². The molecule has 3 nitrogen and oxygen atoms in total. The van der Waals surface area contributed by atoms with E-state index in [-0.39, 0.29) is 6.10 Å². The molecule has 0 unspecified atom stereocenters. The summed E-state index contributed by atoms with van der Waals surface area (Å²) in [5.74, 6) is 2.62. The molecule has 1 aliphatic heterocycles. The Bertz CT molecular complexity index is 407. The van der Waals surface area contributed by atoms with Gasteiger partial charge in [0.25, 0.3) is 0 Å². The third-order valence-corrected chi connectivity index (χ3v) is 4.66. The summed E-state index contributed by atoms with van der Waals surface area (Å²) in [6, 6.07) is 8.77. The molecule has 1 fully saturated rings. The van der Waals surface area contributed by atoms with Crippen LogP contribution in [0.1, 0.15) is 32.3 Å². The Morgan fingerprint density at radius 2 is 1.89 bits per heavy atom. The van der Waals surface area contributed by atoms with E-state index in [0.29, 0.717) is 6.04 Å². The SMILES string of the molecule is CC(C)Oc1ccc(CNC2CCS(=O)CC2)cc1. The van der Waals surface area contributed by atoms with Gasteiger partial charge in [-0.05, 0) is 44.4 Å². The fourth-order valence-corrected chi connectivity index (χ4v) is 3.52. The van der Waals surface area contributed by atoms with Gasteiger partial charge in [-0.25, -0.2) is 0 Å². The highest BCUT2D eigenvalue weighted by Gasteiger charge is 2.16. The van der Waals surface area contributed by atoms with Gasteiger partial charge < -0.3 is 10.1 Å². The molecule has 0 atom stereocenters. The fourth-order valence-electron chi connectivity index (χ4n) is 2.22. The summed E-state index contributed by atoms with van der Waals surface area (Å²) in [7, 11) is -0.574. The molecule has 1 saturated heterocycles. The van der Waals surface area contributed by atoms with Crippen LogP contribution in [0.5, 0.6) is 5.75 Å². The van der Waals surface area contributed by atoms with E-state index in [1.807, 2.05) is 26.0 Å². The van der Waals surface area contributed by atoms with Crippen molar-refractivity contribution >= 4 is 10.8 Å². The van der Waals surface area contributed by atoms with Gasteiger partial charge in [0.15, 0.2) is 0 Å². The van der Waals surface area contributed by atoms with Gasteiger partial charge >= 0.3 is 0 Å². The smallest absolute Gasteiger partial charge is 0.119 e. The Balaban J connectivity index is 1.78. The predicted molar refractivity (Wildman–Crippen MR) is 79.9 cm³/mol. The lowest BCUT2D eigenvalue weighted by Gasteiger charge is -2.22. The van der Waals surface area contributed by atoms with E-state index in [0.717, 1.165) is 36.6 Å². The van der Waals surface area contributed by atoms with E-state index in [1.54, 1.807) is 0 Å². The maximum Gasteiger partial charge on any atom is 0.119 e. The van der Waals surface area contributed by atoms with E-state index in [1.165, 1.54) is 5.56 Å². The molecule has 106 valence electrons. The molecule has 0 saturated carbocycles. The van der Waals surface area contributed by atoms with Gasteiger partial charge in [-0.3, -0.25) is 4.21 Å². The lowest BCUT2D eigenvalue weighted by Crippen LogP contribution is -2.35. The summed E-state index contributed by atoms with van der Waals surface area (Å²) in [6.45, 7) is 4.93. The molecular weight excluding hydrogens is 258 g/mol. The van der Waals surface area contributed by atoms with Crippen LogP contribution in [0, 0.1) is 0 Å². The Labute approximate surface area is 118 Å². The van der Waals surface area contributed by atoms with Gasteiger partial charge in [-0.1, -0.05) is 12.1 Å². The first-order valence-corrected chi connectivity index (χ1v) is 8.46. The highest BCUT2D eigenvalue weighted by molar-refractivity contribution is 7.85. The average Bonchev–Trinajstić information content (AvgIpc) is 2.39. The van der Waals surface area contributed by atoms with Crippen LogP contribution in [0.2, 0.25) is 0 Å². The van der Waals surface area contributed by atoms with Crippen LogP contribution in [-0.2, 0) is 17.3 Å². The Kier molecular flexibility index (Phi) is 5.40. The second-order valence-corrected chi connectivity index (χ2v) is 7.01. The summed E-state index contributed by atoms with van der Waals surface area (Å²) in [5, 5.41) is 3.54. The molecule has 19 heavy (non-hydrogen) atoms. The molecular formula is C15H23NO2S. The van der Waals surface area contributed by atoms with Crippen LogP contribution >= 0.6 is 0 Å². The largest absolute Gasteiger partial charge is 0.491 e. The number of benzene rings is 1. The summed E-state index contributed by atoms with van der Waals surface area (Å²) in [5.41, 5.74) is 1.27. The molecule has 4 heteroatoms. The minimum absolute atomic E-state index is 0.215. The summed E-state index contributed by atoms with van der Waals surface area (Å²) >= 11 is 0. The monoisotopic (exact) mass is 281 g/mol. The fraction of sp³-hybridized carbons (Fsp3) is 0.600. The Morgan fingerprint density at radius 1 is 1.26 bits per heavy atom. The first kappa shape index (κ1) is 14.5. The van der Waals surface area contributed by atoms with Crippen molar-refractivity contribution in [1.82, 2.24) is 5.32 Å². The molecule has 0 spiro atoms. The quantitative estimate of drug-likeness (QED) is 0.901. The van der Waals surface area contributed by atoms with Crippen LogP contribution in [0.25, 0.3) is 0 Å². The van der Waals surface area contributed by atoms with Crippen LogP contribution in [0.3, 0.4) is 0 Å². The summed E-state index contributed by atoms with van der Waals surface area (Å²) in [4.78, 5) is 0. The zero-order chi connectivity index (χ0) is 13.7. The van der Waals surface area contributed by atoms with Crippen molar-refractivity contribution in [2.24, 2.45) is 0 Å². The molecule has 1 aliphatic rings. The molecule has 1 N–H and O–H groups in total. The molecule has 0 bridgehead atoms. The number of rotatable bonds is 5. The van der Waals surface area contributed by atoms with E-state index < -0.39 is 10.8 Å². The number of ether oxygens (including phenoxy) is 1. The summed E-state index contributed by atoms with van der Waals surface area (Å²) < 4.78 is 16.9. The van der Waals surface area contributed by atoms with Crippen LogP contribution in [-0.4, -0.2) is 27.9 Å². The molecule has 1 heterocycles. The molecule has 2 rings (SSSR count). The topological polar surface area (TPSA) is 38.3 Å². The average molecular weight is 281 g/mol. The van der Waals surface area contributed by atoms with E-state index in [9.17, 15) is 4.21 Å². The number of hydrogen-bond donors (Lipinski definition) is 1. The first-order valence-electron chi connectivity index (χ1n) is 6.97. The zero-order valence-electron chi connectivity index (χ0n) is 11.7. The third-order valence-electron chi connectivity index (χ3n) is 3.28. The van der Waals surface area contributed by atoms with Crippen molar-refractivity contribution in [2.75, 3.05) is 11.5 Å². The van der Waals surface area contributed by atoms with Crippen molar-refractivity contribution in [1.29, 1.82) is 0 Å². The van der Waals surface area contributed by atoms with Crippen LogP contribution in [0.4, 0.5) is 0 Å². The maximum absolute atomic E-state index is 11.3. The molecule has 1 aromatic carbocycles. The van der Waals surface area contributed by atoms with Crippen molar-refractivity contribution < 1.29 is 8.95 Å². The Hall–Kier alpha value is -0.870. The predicted octanol–water partition coefficient (Wildman–Crippen LogP) is 2.47. The maximum atomic E-state index is 11.3. The van der Waals surface area contributed by atoms with Crippen LogP contribution in [0.15, 0.2) is 24.3 Å².